The molecule has 2 aromatic carbocycles. The van der Waals surface area contributed by atoms with E-state index in [1.165, 1.54) is 13.0 Å². The van der Waals surface area contributed by atoms with Crippen molar-refractivity contribution in [1.82, 2.24) is 15.2 Å². The molecule has 0 atom stereocenters. The smallest absolute Gasteiger partial charge is 0.254 e. The van der Waals surface area contributed by atoms with Crippen molar-refractivity contribution in [3.63, 3.8) is 0 Å². The molecule has 3 N–H and O–H groups in total. The van der Waals surface area contributed by atoms with Gasteiger partial charge in [0.15, 0.2) is 9.84 Å². The van der Waals surface area contributed by atoms with Gasteiger partial charge in [-0.2, -0.15) is 0 Å². The zero-order valence-electron chi connectivity index (χ0n) is 29.2. The number of pyridine rings is 1. The summed E-state index contributed by atoms with van der Waals surface area (Å²) in [6.45, 7) is 7.30. The molecule has 1 aliphatic rings. The van der Waals surface area contributed by atoms with E-state index >= 15 is 4.39 Å². The lowest BCUT2D eigenvalue weighted by Crippen LogP contribution is -2.33. The van der Waals surface area contributed by atoms with E-state index in [4.69, 9.17) is 29.4 Å². The molecule has 51 heavy (non-hydrogen) atoms. The van der Waals surface area contributed by atoms with Gasteiger partial charge >= 0.3 is 0 Å². The fraction of sp³-hybridized carbons (Fsp3) is 0.472. The predicted molar refractivity (Wildman–Crippen MR) is 189 cm³/mol. The molecule has 3 aromatic rings. The van der Waals surface area contributed by atoms with Gasteiger partial charge < -0.3 is 39.6 Å². The maximum atomic E-state index is 15.6. The Labute approximate surface area is 298 Å². The topological polar surface area (TPSA) is 169 Å². The lowest BCUT2D eigenvalue weighted by Gasteiger charge is -2.22. The normalized spacial score (nSPS) is 13.0. The summed E-state index contributed by atoms with van der Waals surface area (Å²) in [4.78, 5) is 31.0. The number of carbonyl (C=O) groups excluding carboxylic acids is 2. The third-order valence-corrected chi connectivity index (χ3v) is 9.72. The molecule has 0 radical (unpaired) electrons. The molecule has 1 aliphatic heterocycles. The van der Waals surface area contributed by atoms with Crippen LogP contribution in [0.1, 0.15) is 41.3 Å². The molecule has 15 heteroatoms. The van der Waals surface area contributed by atoms with E-state index in [9.17, 15) is 18.0 Å². The van der Waals surface area contributed by atoms with E-state index in [1.807, 2.05) is 31.2 Å². The fourth-order valence-corrected chi connectivity index (χ4v) is 6.51. The van der Waals surface area contributed by atoms with Crippen LogP contribution in [0.3, 0.4) is 0 Å². The molecule has 278 valence electrons. The van der Waals surface area contributed by atoms with Gasteiger partial charge in [-0.25, -0.2) is 17.8 Å². The quantitative estimate of drug-likeness (QED) is 0.163. The molecule has 0 fully saturated rings. The summed E-state index contributed by atoms with van der Waals surface area (Å²) in [5.74, 6) is -1.34. The lowest BCUT2D eigenvalue weighted by molar-refractivity contribution is -0.122. The number of rotatable bonds is 20. The van der Waals surface area contributed by atoms with Crippen LogP contribution in [0, 0.1) is 12.7 Å². The van der Waals surface area contributed by atoms with Crippen LogP contribution in [-0.4, -0.2) is 108 Å². The minimum atomic E-state index is -4.12. The first kappa shape index (κ1) is 39.6. The average molecular weight is 731 g/mol. The van der Waals surface area contributed by atoms with Gasteiger partial charge in [-0.3, -0.25) is 9.59 Å². The molecule has 0 aliphatic carbocycles. The molecule has 0 unspecified atom stereocenters. The Kier molecular flexibility index (Phi) is 15.6. The maximum absolute atomic E-state index is 15.6. The van der Waals surface area contributed by atoms with Gasteiger partial charge in [0.2, 0.25) is 5.91 Å². The van der Waals surface area contributed by atoms with E-state index in [2.05, 4.69) is 10.3 Å². The van der Waals surface area contributed by atoms with Crippen LogP contribution in [0.25, 0.3) is 11.1 Å². The van der Waals surface area contributed by atoms with Gasteiger partial charge in [0, 0.05) is 49.0 Å². The van der Waals surface area contributed by atoms with Crippen molar-refractivity contribution in [3.05, 3.63) is 71.2 Å². The number of aromatic nitrogens is 1. The van der Waals surface area contributed by atoms with Crippen LogP contribution in [0.2, 0.25) is 0 Å². The van der Waals surface area contributed by atoms with Gasteiger partial charge in [-0.15, -0.1) is 0 Å². The number of fused-ring (bicyclic) bond motifs is 1. The molecular weight excluding hydrogens is 683 g/mol. The van der Waals surface area contributed by atoms with E-state index in [-0.39, 0.29) is 50.4 Å². The van der Waals surface area contributed by atoms with Crippen molar-refractivity contribution >= 4 is 27.5 Å². The first-order chi connectivity index (χ1) is 24.6. The summed E-state index contributed by atoms with van der Waals surface area (Å²) in [6.07, 6.45) is 2.65. The third kappa shape index (κ3) is 12.0. The summed E-state index contributed by atoms with van der Waals surface area (Å²) < 4.78 is 69.0. The number of hydrogen-bond acceptors (Lipinski definition) is 11. The Balaban J connectivity index is 1.22. The van der Waals surface area contributed by atoms with Crippen LogP contribution in [0.4, 0.5) is 10.2 Å². The maximum Gasteiger partial charge on any atom is 0.254 e. The van der Waals surface area contributed by atoms with Gasteiger partial charge in [-0.05, 0) is 60.9 Å². The highest BCUT2D eigenvalue weighted by Gasteiger charge is 2.27. The van der Waals surface area contributed by atoms with Gasteiger partial charge in [0.1, 0.15) is 28.9 Å². The number of carbonyl (C=O) groups is 2. The lowest BCUT2D eigenvalue weighted by atomic mass is 10.0. The van der Waals surface area contributed by atoms with Crippen LogP contribution in [-0.2, 0) is 40.1 Å². The van der Waals surface area contributed by atoms with E-state index in [0.29, 0.717) is 57.8 Å². The third-order valence-electron chi connectivity index (χ3n) is 7.99. The molecule has 0 spiro atoms. The van der Waals surface area contributed by atoms with Gasteiger partial charge in [0.25, 0.3) is 5.91 Å². The number of nitrogens with two attached hydrogens (primary N) is 1. The highest BCUT2D eigenvalue weighted by molar-refractivity contribution is 7.91. The Morgan fingerprint density at radius 2 is 1.61 bits per heavy atom. The molecule has 2 amide bonds. The molecule has 0 saturated carbocycles. The predicted octanol–water partition coefficient (Wildman–Crippen LogP) is 3.57. The summed E-state index contributed by atoms with van der Waals surface area (Å²) in [6, 6.07) is 11.6. The van der Waals surface area contributed by atoms with Crippen molar-refractivity contribution in [2.75, 3.05) is 84.0 Å². The Bertz CT molecular complexity index is 1710. The second-order valence-corrected chi connectivity index (χ2v) is 13.9. The number of ether oxygens (including phenoxy) is 5. The molecule has 0 bridgehead atoms. The van der Waals surface area contributed by atoms with Crippen molar-refractivity contribution in [2.45, 2.75) is 38.1 Å². The second kappa shape index (κ2) is 20.0. The average Bonchev–Trinajstić information content (AvgIpc) is 3.33. The minimum absolute atomic E-state index is 0.0249. The Hall–Kier alpha value is -4.15. The summed E-state index contributed by atoms with van der Waals surface area (Å²) >= 11 is 0. The van der Waals surface area contributed by atoms with Crippen molar-refractivity contribution < 1.29 is 46.1 Å². The zero-order chi connectivity index (χ0) is 36.6. The summed E-state index contributed by atoms with van der Waals surface area (Å²) in [5.41, 5.74) is 8.15. The van der Waals surface area contributed by atoms with E-state index < -0.39 is 38.1 Å². The van der Waals surface area contributed by atoms with Crippen molar-refractivity contribution in [1.29, 1.82) is 0 Å². The highest BCUT2D eigenvalue weighted by Crippen LogP contribution is 2.31. The minimum Gasteiger partial charge on any atom is -0.491 e. The number of benzene rings is 2. The molecular formula is C36H47FN4O9S. The van der Waals surface area contributed by atoms with Crippen LogP contribution in [0.15, 0.2) is 53.6 Å². The first-order valence-electron chi connectivity index (χ1n) is 17.0. The van der Waals surface area contributed by atoms with Crippen LogP contribution < -0.4 is 15.8 Å². The second-order valence-electron chi connectivity index (χ2n) is 11.8. The molecule has 4 rings (SSSR count). The highest BCUT2D eigenvalue weighted by atomic mass is 32.2. The summed E-state index contributed by atoms with van der Waals surface area (Å²) in [7, 11) is -4.12. The molecule has 13 nitrogen and oxygen atoms in total. The number of amides is 2. The fourth-order valence-electron chi connectivity index (χ4n) is 5.22. The number of hydrogen-bond donors (Lipinski definition) is 2. The monoisotopic (exact) mass is 730 g/mol. The summed E-state index contributed by atoms with van der Waals surface area (Å²) in [5, 5.41) is 2.53. The Morgan fingerprint density at radius 3 is 2.27 bits per heavy atom. The SMILES string of the molecule is CCCOCCOCCOCCOCCC(=O)NCCS(=O)(=O)c1ccc(C(=O)N2CCOc3ccc(-c4ccc(N)nc4)cc3C2)c(C)c1F. The standard InChI is InChI=1S/C36H47FN4O9S/c1-3-13-46-16-18-48-20-21-49-19-17-47-14-10-34(42)39-11-22-51(44,45)32-8-6-30(26(2)35(32)37)36(43)41-12-15-50-31-7-4-27(23-29(31)25-41)28-5-9-33(38)40-24-28/h4-9,23-24H,3,10-22,25H2,1-2H3,(H2,38,40)(H,39,42). The number of nitrogens with zero attached hydrogens (tertiary/aromatic N) is 2. The first-order valence-corrected chi connectivity index (χ1v) is 18.6. The number of sulfone groups is 1. The molecule has 0 saturated heterocycles. The molecule has 1 aromatic heterocycles. The Morgan fingerprint density at radius 1 is 0.941 bits per heavy atom. The van der Waals surface area contributed by atoms with E-state index in [0.717, 1.165) is 29.2 Å². The number of nitrogens with one attached hydrogen (secondary N) is 1. The zero-order valence-corrected chi connectivity index (χ0v) is 30.0. The van der Waals surface area contributed by atoms with Gasteiger partial charge in [-0.1, -0.05) is 13.0 Å². The van der Waals surface area contributed by atoms with Crippen molar-refractivity contribution in [3.8, 4) is 16.9 Å². The van der Waals surface area contributed by atoms with E-state index in [1.54, 1.807) is 17.2 Å². The van der Waals surface area contributed by atoms with Gasteiger partial charge in [0.05, 0.1) is 58.5 Å². The van der Waals surface area contributed by atoms with Crippen LogP contribution in [0.5, 0.6) is 5.75 Å². The molecule has 2 heterocycles. The number of nitrogen functional groups attached to an aromatic ring is 1. The largest absolute Gasteiger partial charge is 0.491 e. The van der Waals surface area contributed by atoms with Crippen LogP contribution >= 0.6 is 0 Å². The number of anilines is 1. The number of halogens is 1. The van der Waals surface area contributed by atoms with Crippen molar-refractivity contribution in [2.24, 2.45) is 0 Å².